The van der Waals surface area contributed by atoms with Gasteiger partial charge in [-0.25, -0.2) is 13.6 Å². The number of piperidine rings is 1. The molecule has 0 bridgehead atoms. The predicted octanol–water partition coefficient (Wildman–Crippen LogP) is 6.62. The molecule has 5 nitrogen and oxygen atoms in total. The zero-order valence-corrected chi connectivity index (χ0v) is 20.5. The van der Waals surface area contributed by atoms with E-state index in [9.17, 15) is 14.0 Å². The third-order valence-corrected chi connectivity index (χ3v) is 7.07. The van der Waals surface area contributed by atoms with Crippen LogP contribution < -0.4 is 4.42 Å². The summed E-state index contributed by atoms with van der Waals surface area (Å²) in [6, 6.07) is 13.1. The van der Waals surface area contributed by atoms with E-state index in [1.807, 2.05) is 13.0 Å². The highest BCUT2D eigenvalue weighted by atomic mass is 35.5. The zero-order chi connectivity index (χ0) is 24.4. The van der Waals surface area contributed by atoms with Crippen LogP contribution in [0.5, 0.6) is 0 Å². The number of hydrogen-bond donors (Lipinski definition) is 0. The Kier molecular flexibility index (Phi) is 7.29. The number of methoxy groups -OCH3 is 1. The van der Waals surface area contributed by atoms with Crippen LogP contribution in [0.3, 0.4) is 0 Å². The summed E-state index contributed by atoms with van der Waals surface area (Å²) in [7, 11) is 1.37. The topological polar surface area (TPSA) is 49.9 Å². The van der Waals surface area contributed by atoms with Gasteiger partial charge >= 0.3 is 12.0 Å². The molecule has 3 aromatic rings. The summed E-state index contributed by atoms with van der Waals surface area (Å²) < 4.78 is 20.1. The van der Waals surface area contributed by atoms with Crippen molar-refractivity contribution in [2.45, 2.75) is 32.1 Å². The lowest BCUT2D eigenvalue weighted by Crippen LogP contribution is -2.43. The second kappa shape index (κ2) is 10.2. The number of nitrogens with zero attached hydrogens (tertiary/aromatic N) is 2. The number of urea groups is 1. The third kappa shape index (κ3) is 4.98. The molecule has 0 unspecified atom stereocenters. The molecule has 3 aromatic carbocycles. The maximum absolute atomic E-state index is 14.2. The maximum atomic E-state index is 14.2. The molecule has 0 atom stereocenters. The van der Waals surface area contributed by atoms with Crippen molar-refractivity contribution in [2.75, 3.05) is 24.6 Å². The Labute approximate surface area is 208 Å². The number of anilines is 1. The Morgan fingerprint density at radius 3 is 2.44 bits per heavy atom. The molecule has 0 aliphatic carbocycles. The molecule has 0 N–H and O–H groups in total. The minimum absolute atomic E-state index is 0.116. The van der Waals surface area contributed by atoms with Crippen LogP contribution in [-0.2, 0) is 16.0 Å². The fraction of sp³-hybridized carbons (Fsp3) is 0.308. The number of fused-ring (bicyclic) bond motifs is 1. The number of ether oxygens (including phenoxy) is 1. The first-order chi connectivity index (χ1) is 16.3. The molecule has 1 aliphatic heterocycles. The van der Waals surface area contributed by atoms with Gasteiger partial charge in [-0.1, -0.05) is 23.7 Å². The van der Waals surface area contributed by atoms with Crippen molar-refractivity contribution in [3.05, 3.63) is 76.1 Å². The van der Waals surface area contributed by atoms with E-state index in [0.29, 0.717) is 36.6 Å². The standard InChI is InChI=1S/C26H25Cl2FN2O3/c1-16-19(14-24(32)34-2)13-18-3-6-21(29)15-23(18)25(16)17-9-11-30(12-10-17)26(33)31(28)22-7-4-20(27)5-8-22/h3-8,13,15,17H,9-12,14H2,1-2H3. The summed E-state index contributed by atoms with van der Waals surface area (Å²) >= 11 is 12.2. The van der Waals surface area contributed by atoms with Crippen LogP contribution >= 0.6 is 23.4 Å². The first-order valence-corrected chi connectivity index (χ1v) is 11.8. The Morgan fingerprint density at radius 2 is 1.79 bits per heavy atom. The molecule has 1 aliphatic rings. The lowest BCUT2D eigenvalue weighted by atomic mass is 9.81. The van der Waals surface area contributed by atoms with Crippen molar-refractivity contribution in [2.24, 2.45) is 0 Å². The molecule has 1 fully saturated rings. The number of carbonyl (C=O) groups excluding carboxylic acids is 2. The molecule has 0 spiro atoms. The summed E-state index contributed by atoms with van der Waals surface area (Å²) in [5, 5.41) is 2.29. The molecular weight excluding hydrogens is 478 g/mol. The van der Waals surface area contributed by atoms with E-state index < -0.39 is 0 Å². The molecule has 0 radical (unpaired) electrons. The van der Waals surface area contributed by atoms with Gasteiger partial charge in [-0.05, 0) is 89.5 Å². The highest BCUT2D eigenvalue weighted by Crippen LogP contribution is 2.38. The molecule has 0 saturated carbocycles. The smallest absolute Gasteiger partial charge is 0.339 e. The van der Waals surface area contributed by atoms with Crippen LogP contribution in [0.1, 0.15) is 35.4 Å². The number of hydrogen-bond acceptors (Lipinski definition) is 3. The second-order valence-electron chi connectivity index (χ2n) is 8.49. The fourth-order valence-electron chi connectivity index (χ4n) is 4.66. The van der Waals surface area contributed by atoms with Crippen LogP contribution in [0.15, 0.2) is 48.5 Å². The van der Waals surface area contributed by atoms with Crippen LogP contribution in [-0.4, -0.2) is 37.1 Å². The molecule has 1 heterocycles. The fourth-order valence-corrected chi connectivity index (χ4v) is 5.01. The predicted molar refractivity (Wildman–Crippen MR) is 133 cm³/mol. The normalized spacial score (nSPS) is 14.3. The van der Waals surface area contributed by atoms with E-state index in [2.05, 4.69) is 0 Å². The largest absolute Gasteiger partial charge is 0.469 e. The Morgan fingerprint density at radius 1 is 1.12 bits per heavy atom. The zero-order valence-electron chi connectivity index (χ0n) is 19.0. The van der Waals surface area contributed by atoms with Crippen molar-refractivity contribution in [3.8, 4) is 0 Å². The third-order valence-electron chi connectivity index (χ3n) is 6.48. The number of amides is 2. The number of esters is 1. The van der Waals surface area contributed by atoms with Crippen molar-refractivity contribution >= 4 is 51.8 Å². The van der Waals surface area contributed by atoms with Gasteiger partial charge in [-0.3, -0.25) is 4.79 Å². The quantitative estimate of drug-likeness (QED) is 0.297. The minimum Gasteiger partial charge on any atom is -0.469 e. The summed E-state index contributed by atoms with van der Waals surface area (Å²) in [5.41, 5.74) is 3.41. The minimum atomic E-state index is -0.319. The maximum Gasteiger partial charge on any atom is 0.339 e. The Bertz CT molecular complexity index is 1220. The Hall–Kier alpha value is -2.83. The van der Waals surface area contributed by atoms with E-state index in [0.717, 1.165) is 31.9 Å². The SMILES string of the molecule is COC(=O)Cc1cc2ccc(F)cc2c(C2CCN(C(=O)N(Cl)c3ccc(Cl)cc3)CC2)c1C. The van der Waals surface area contributed by atoms with Gasteiger partial charge < -0.3 is 9.64 Å². The van der Waals surface area contributed by atoms with E-state index in [-0.39, 0.29) is 30.2 Å². The van der Waals surface area contributed by atoms with Crippen molar-refractivity contribution in [3.63, 3.8) is 0 Å². The monoisotopic (exact) mass is 502 g/mol. The van der Waals surface area contributed by atoms with E-state index in [4.69, 9.17) is 28.1 Å². The van der Waals surface area contributed by atoms with Crippen molar-refractivity contribution in [1.29, 1.82) is 0 Å². The average Bonchev–Trinajstić information content (AvgIpc) is 2.84. The lowest BCUT2D eigenvalue weighted by Gasteiger charge is -2.35. The summed E-state index contributed by atoms with van der Waals surface area (Å²) in [4.78, 5) is 26.6. The van der Waals surface area contributed by atoms with Crippen LogP contribution in [0.25, 0.3) is 10.8 Å². The van der Waals surface area contributed by atoms with Gasteiger partial charge in [0, 0.05) is 29.9 Å². The van der Waals surface area contributed by atoms with Gasteiger partial charge in [0.15, 0.2) is 0 Å². The van der Waals surface area contributed by atoms with Gasteiger partial charge in [0.2, 0.25) is 0 Å². The summed E-state index contributed by atoms with van der Waals surface area (Å²) in [5.74, 6) is -0.507. The van der Waals surface area contributed by atoms with E-state index >= 15 is 0 Å². The molecule has 1 saturated heterocycles. The van der Waals surface area contributed by atoms with Crippen LogP contribution in [0, 0.1) is 12.7 Å². The molecule has 34 heavy (non-hydrogen) atoms. The van der Waals surface area contributed by atoms with Gasteiger partial charge in [0.25, 0.3) is 0 Å². The first-order valence-electron chi connectivity index (χ1n) is 11.1. The molecule has 4 rings (SSSR count). The molecular formula is C26H25Cl2FN2O3. The van der Waals surface area contributed by atoms with Gasteiger partial charge in [-0.2, -0.15) is 0 Å². The van der Waals surface area contributed by atoms with Crippen molar-refractivity contribution in [1.82, 2.24) is 4.90 Å². The average molecular weight is 503 g/mol. The molecule has 0 aromatic heterocycles. The lowest BCUT2D eigenvalue weighted by molar-refractivity contribution is -0.139. The van der Waals surface area contributed by atoms with Crippen LogP contribution in [0.4, 0.5) is 14.9 Å². The summed E-state index contributed by atoms with van der Waals surface area (Å²) in [6.07, 6.45) is 1.55. The molecule has 178 valence electrons. The number of benzene rings is 3. The first kappa shape index (κ1) is 24.3. The summed E-state index contributed by atoms with van der Waals surface area (Å²) in [6.45, 7) is 2.99. The van der Waals surface area contributed by atoms with Gasteiger partial charge in [-0.15, -0.1) is 0 Å². The highest BCUT2D eigenvalue weighted by Gasteiger charge is 2.29. The van der Waals surface area contributed by atoms with E-state index in [1.54, 1.807) is 41.3 Å². The second-order valence-corrected chi connectivity index (χ2v) is 9.27. The number of carbonyl (C=O) groups is 2. The van der Waals surface area contributed by atoms with Crippen LogP contribution in [0.2, 0.25) is 5.02 Å². The number of halogens is 3. The molecule has 8 heteroatoms. The highest BCUT2D eigenvalue weighted by molar-refractivity contribution is 6.36. The number of rotatable bonds is 4. The number of likely N-dealkylation sites (tertiary alicyclic amines) is 1. The Balaban J connectivity index is 1.58. The molecule has 2 amide bonds. The van der Waals surface area contributed by atoms with Crippen molar-refractivity contribution < 1.29 is 18.7 Å². The van der Waals surface area contributed by atoms with Gasteiger partial charge in [0.1, 0.15) is 5.82 Å². The van der Waals surface area contributed by atoms with Gasteiger partial charge in [0.05, 0.1) is 19.2 Å². The van der Waals surface area contributed by atoms with E-state index in [1.165, 1.54) is 13.2 Å².